The molecule has 0 N–H and O–H groups in total. The second-order valence-corrected chi connectivity index (χ2v) is 5.04. The third kappa shape index (κ3) is 3.26. The molecular formula is C17H13ClO3. The largest absolute Gasteiger partial charge is 0.486 e. The molecule has 0 saturated carbocycles. The van der Waals surface area contributed by atoms with Crippen molar-refractivity contribution < 1.29 is 14.3 Å². The number of benzene rings is 2. The number of ketones is 1. The summed E-state index contributed by atoms with van der Waals surface area (Å²) in [6.07, 6.45) is 3.30. The fourth-order valence-corrected chi connectivity index (χ4v) is 2.17. The Balaban J connectivity index is 1.76. The average molecular weight is 301 g/mol. The van der Waals surface area contributed by atoms with Crippen molar-refractivity contribution in [1.82, 2.24) is 0 Å². The van der Waals surface area contributed by atoms with Gasteiger partial charge in [-0.1, -0.05) is 23.7 Å². The molecule has 1 aliphatic heterocycles. The van der Waals surface area contributed by atoms with Gasteiger partial charge in [-0.3, -0.25) is 4.79 Å². The lowest BCUT2D eigenvalue weighted by atomic mass is 10.1. The van der Waals surface area contributed by atoms with E-state index in [2.05, 4.69) is 0 Å². The Morgan fingerprint density at radius 1 is 1.00 bits per heavy atom. The molecule has 4 heteroatoms. The lowest BCUT2D eigenvalue weighted by molar-refractivity contribution is 0.104. The van der Waals surface area contributed by atoms with Crippen LogP contribution < -0.4 is 9.47 Å². The Morgan fingerprint density at radius 3 is 2.48 bits per heavy atom. The monoisotopic (exact) mass is 300 g/mol. The van der Waals surface area contributed by atoms with Crippen LogP contribution in [0.1, 0.15) is 15.9 Å². The van der Waals surface area contributed by atoms with Crippen LogP contribution in [0, 0.1) is 0 Å². The molecule has 0 aliphatic carbocycles. The van der Waals surface area contributed by atoms with Crippen molar-refractivity contribution in [3.8, 4) is 11.5 Å². The van der Waals surface area contributed by atoms with Gasteiger partial charge in [0.2, 0.25) is 0 Å². The van der Waals surface area contributed by atoms with Crippen LogP contribution in [0.5, 0.6) is 11.5 Å². The van der Waals surface area contributed by atoms with Gasteiger partial charge in [0, 0.05) is 10.6 Å². The zero-order valence-electron chi connectivity index (χ0n) is 11.2. The molecule has 0 atom stereocenters. The third-order valence-corrected chi connectivity index (χ3v) is 3.37. The molecule has 3 nitrogen and oxygen atoms in total. The highest BCUT2D eigenvalue weighted by atomic mass is 35.5. The zero-order valence-corrected chi connectivity index (χ0v) is 12.0. The first-order valence-corrected chi connectivity index (χ1v) is 6.98. The minimum Gasteiger partial charge on any atom is -0.486 e. The number of carbonyl (C=O) groups excluding carboxylic acids is 1. The van der Waals surface area contributed by atoms with Gasteiger partial charge in [0.05, 0.1) is 0 Å². The predicted octanol–water partition coefficient (Wildman–Crippen LogP) is 4.01. The van der Waals surface area contributed by atoms with Crippen LogP contribution >= 0.6 is 11.6 Å². The summed E-state index contributed by atoms with van der Waals surface area (Å²) in [5.74, 6) is 1.38. The molecule has 0 saturated heterocycles. The molecule has 0 unspecified atom stereocenters. The van der Waals surface area contributed by atoms with Crippen molar-refractivity contribution in [3.05, 3.63) is 64.7 Å². The van der Waals surface area contributed by atoms with Crippen molar-refractivity contribution >= 4 is 23.5 Å². The Morgan fingerprint density at radius 2 is 1.71 bits per heavy atom. The topological polar surface area (TPSA) is 35.5 Å². The number of hydrogen-bond donors (Lipinski definition) is 0. The van der Waals surface area contributed by atoms with Crippen LogP contribution in [-0.4, -0.2) is 19.0 Å². The Bertz CT molecular complexity index is 690. The fraction of sp³-hybridized carbons (Fsp3) is 0.118. The third-order valence-electron chi connectivity index (χ3n) is 3.12. The maximum atomic E-state index is 12.0. The lowest BCUT2D eigenvalue weighted by Crippen LogP contribution is -2.15. The summed E-state index contributed by atoms with van der Waals surface area (Å²) in [6, 6.07) is 12.4. The van der Waals surface area contributed by atoms with E-state index in [1.54, 1.807) is 30.3 Å². The molecule has 0 fully saturated rings. The first-order chi connectivity index (χ1) is 10.2. The first-order valence-electron chi connectivity index (χ1n) is 6.60. The van der Waals surface area contributed by atoms with Gasteiger partial charge < -0.3 is 9.47 Å². The van der Waals surface area contributed by atoms with Crippen LogP contribution in [0.3, 0.4) is 0 Å². The fourth-order valence-electron chi connectivity index (χ4n) is 2.05. The molecule has 106 valence electrons. The number of hydrogen-bond acceptors (Lipinski definition) is 3. The van der Waals surface area contributed by atoms with Crippen LogP contribution in [-0.2, 0) is 0 Å². The minimum atomic E-state index is -0.0680. The smallest absolute Gasteiger partial charge is 0.185 e. The van der Waals surface area contributed by atoms with Gasteiger partial charge in [-0.15, -0.1) is 0 Å². The molecule has 1 heterocycles. The van der Waals surface area contributed by atoms with Gasteiger partial charge in [0.1, 0.15) is 13.2 Å². The number of carbonyl (C=O) groups is 1. The first kappa shape index (κ1) is 13.7. The van der Waals surface area contributed by atoms with E-state index in [-0.39, 0.29) is 5.78 Å². The van der Waals surface area contributed by atoms with E-state index in [4.69, 9.17) is 21.1 Å². The number of fused-ring (bicyclic) bond motifs is 1. The maximum absolute atomic E-state index is 12.0. The van der Waals surface area contributed by atoms with Gasteiger partial charge in [-0.25, -0.2) is 0 Å². The average Bonchev–Trinajstić information content (AvgIpc) is 2.53. The highest BCUT2D eigenvalue weighted by Crippen LogP contribution is 2.31. The molecule has 21 heavy (non-hydrogen) atoms. The minimum absolute atomic E-state index is 0.0680. The second-order valence-electron chi connectivity index (χ2n) is 4.61. The summed E-state index contributed by atoms with van der Waals surface area (Å²) in [5, 5.41) is 0.613. The number of ether oxygens (including phenoxy) is 2. The molecule has 3 rings (SSSR count). The van der Waals surface area contributed by atoms with Crippen molar-refractivity contribution in [2.24, 2.45) is 0 Å². The molecule has 0 amide bonds. The summed E-state index contributed by atoms with van der Waals surface area (Å²) < 4.78 is 11.0. The van der Waals surface area contributed by atoms with Gasteiger partial charge in [-0.2, -0.15) is 0 Å². The molecule has 2 aromatic carbocycles. The molecule has 1 aliphatic rings. The Hall–Kier alpha value is -2.26. The zero-order chi connectivity index (χ0) is 14.7. The van der Waals surface area contributed by atoms with E-state index >= 15 is 0 Å². The SMILES string of the molecule is O=C(/C=C/c1ccc2c(c1)OCCO2)c1ccc(Cl)cc1. The van der Waals surface area contributed by atoms with Crippen LogP contribution in [0.25, 0.3) is 6.08 Å². The van der Waals surface area contributed by atoms with Gasteiger partial charge >= 0.3 is 0 Å². The van der Waals surface area contributed by atoms with Crippen molar-refractivity contribution in [2.45, 2.75) is 0 Å². The summed E-state index contributed by atoms with van der Waals surface area (Å²) in [6.45, 7) is 1.11. The van der Waals surface area contributed by atoms with Crippen LogP contribution in [0.4, 0.5) is 0 Å². The Kier molecular flexibility index (Phi) is 3.93. The highest BCUT2D eigenvalue weighted by Gasteiger charge is 2.10. The summed E-state index contributed by atoms with van der Waals surface area (Å²) in [7, 11) is 0. The quantitative estimate of drug-likeness (QED) is 0.635. The van der Waals surface area contributed by atoms with Crippen molar-refractivity contribution in [3.63, 3.8) is 0 Å². The predicted molar refractivity (Wildman–Crippen MR) is 82.2 cm³/mol. The molecule has 0 radical (unpaired) electrons. The van der Waals surface area contributed by atoms with Gasteiger partial charge in [-0.05, 0) is 48.0 Å². The van der Waals surface area contributed by atoms with E-state index in [1.807, 2.05) is 18.2 Å². The summed E-state index contributed by atoms with van der Waals surface area (Å²) in [5.41, 5.74) is 1.50. The number of allylic oxidation sites excluding steroid dienone is 1. The van der Waals surface area contributed by atoms with E-state index in [0.29, 0.717) is 29.5 Å². The lowest BCUT2D eigenvalue weighted by Gasteiger charge is -2.18. The summed E-state index contributed by atoms with van der Waals surface area (Å²) in [4.78, 5) is 12.0. The number of rotatable bonds is 3. The maximum Gasteiger partial charge on any atom is 0.185 e. The second kappa shape index (κ2) is 6.02. The normalized spacial score (nSPS) is 13.4. The van der Waals surface area contributed by atoms with Crippen LogP contribution in [0.2, 0.25) is 5.02 Å². The van der Waals surface area contributed by atoms with E-state index in [0.717, 1.165) is 11.3 Å². The number of halogens is 1. The molecule has 0 aromatic heterocycles. The standard InChI is InChI=1S/C17H13ClO3/c18-14-5-3-13(4-6-14)15(19)7-1-12-2-8-16-17(11-12)21-10-9-20-16/h1-8,11H,9-10H2/b7-1+. The van der Waals surface area contributed by atoms with Gasteiger partial charge in [0.15, 0.2) is 17.3 Å². The Labute approximate surface area is 127 Å². The van der Waals surface area contributed by atoms with Crippen LogP contribution in [0.15, 0.2) is 48.5 Å². The molecule has 0 spiro atoms. The molecule has 0 bridgehead atoms. The molecule has 2 aromatic rings. The van der Waals surface area contributed by atoms with Crippen molar-refractivity contribution in [1.29, 1.82) is 0 Å². The van der Waals surface area contributed by atoms with Gasteiger partial charge in [0.25, 0.3) is 0 Å². The molecular weight excluding hydrogens is 288 g/mol. The van der Waals surface area contributed by atoms with E-state index in [9.17, 15) is 4.79 Å². The summed E-state index contributed by atoms with van der Waals surface area (Å²) >= 11 is 5.80. The van der Waals surface area contributed by atoms with E-state index in [1.165, 1.54) is 6.08 Å². The highest BCUT2D eigenvalue weighted by molar-refractivity contribution is 6.30. The van der Waals surface area contributed by atoms with E-state index < -0.39 is 0 Å². The van der Waals surface area contributed by atoms with Crippen molar-refractivity contribution in [2.75, 3.05) is 13.2 Å².